The zero-order valence-corrected chi connectivity index (χ0v) is 15.3. The van der Waals surface area contributed by atoms with Crippen LogP contribution in [0.5, 0.6) is 5.88 Å². The number of ether oxygens (including phenoxy) is 1. The summed E-state index contributed by atoms with van der Waals surface area (Å²) in [7, 11) is 1.42. The van der Waals surface area contributed by atoms with Crippen molar-refractivity contribution >= 4 is 28.8 Å². The maximum atomic E-state index is 13.7. The first-order valence-corrected chi connectivity index (χ1v) is 9.69. The highest BCUT2D eigenvalue weighted by atomic mass is 32.2. The van der Waals surface area contributed by atoms with Crippen molar-refractivity contribution in [3.8, 4) is 5.88 Å². The van der Waals surface area contributed by atoms with E-state index in [2.05, 4.69) is 14.7 Å². The molecule has 2 heterocycles. The standard InChI is InChI=1S/C15H15F3N4O2S2/c1-24-12-7-11(21-26(23)22-5-2-6-22)19-15(20-12)25-8-9-3-4-10(16)14(18)13(9)17/h3-4,7H,2,5-6,8H2,1H3,(H,19,20,21). The first-order valence-electron chi connectivity index (χ1n) is 7.59. The number of anilines is 1. The first kappa shape index (κ1) is 18.9. The second kappa shape index (κ2) is 8.23. The smallest absolute Gasteiger partial charge is 0.219 e. The molecule has 26 heavy (non-hydrogen) atoms. The highest BCUT2D eigenvalue weighted by molar-refractivity contribution is 7.98. The van der Waals surface area contributed by atoms with E-state index in [1.807, 2.05) is 0 Å². The fraction of sp³-hybridized carbons (Fsp3) is 0.333. The average Bonchev–Trinajstić information content (AvgIpc) is 2.57. The van der Waals surface area contributed by atoms with Crippen LogP contribution in [0.2, 0.25) is 0 Å². The number of nitrogens with zero attached hydrogens (tertiary/aromatic N) is 3. The number of methoxy groups -OCH3 is 1. The average molecular weight is 404 g/mol. The Morgan fingerprint density at radius 1 is 1.27 bits per heavy atom. The van der Waals surface area contributed by atoms with Gasteiger partial charge < -0.3 is 4.74 Å². The molecule has 1 aliphatic heterocycles. The Morgan fingerprint density at radius 3 is 2.69 bits per heavy atom. The highest BCUT2D eigenvalue weighted by Gasteiger charge is 2.21. The third-order valence-electron chi connectivity index (χ3n) is 3.60. The van der Waals surface area contributed by atoms with E-state index >= 15 is 0 Å². The summed E-state index contributed by atoms with van der Waals surface area (Å²) in [5, 5.41) is 0.219. The van der Waals surface area contributed by atoms with Crippen molar-refractivity contribution in [1.29, 1.82) is 0 Å². The van der Waals surface area contributed by atoms with Crippen molar-refractivity contribution in [3.05, 3.63) is 41.2 Å². The second-order valence-electron chi connectivity index (χ2n) is 5.34. The molecule has 1 atom stereocenters. The van der Waals surface area contributed by atoms with Crippen LogP contribution in [0.3, 0.4) is 0 Å². The molecule has 3 rings (SSSR count). The summed E-state index contributed by atoms with van der Waals surface area (Å²) in [6.07, 6.45) is 0.988. The third kappa shape index (κ3) is 4.27. The summed E-state index contributed by atoms with van der Waals surface area (Å²) >= 11 is -0.403. The molecule has 0 radical (unpaired) electrons. The summed E-state index contributed by atoms with van der Waals surface area (Å²) < 4.78 is 61.7. The van der Waals surface area contributed by atoms with Gasteiger partial charge in [-0.05, 0) is 12.5 Å². The molecule has 1 fully saturated rings. The van der Waals surface area contributed by atoms with Gasteiger partial charge in [-0.2, -0.15) is 4.98 Å². The van der Waals surface area contributed by atoms with Crippen LogP contribution in [-0.2, 0) is 16.9 Å². The van der Waals surface area contributed by atoms with Crippen molar-refractivity contribution in [2.45, 2.75) is 17.3 Å². The molecular weight excluding hydrogens is 389 g/mol. The summed E-state index contributed by atoms with van der Waals surface area (Å²) in [6.45, 7) is 1.47. The Hall–Kier alpha value is -1.85. The molecule has 1 saturated heterocycles. The molecule has 1 aliphatic rings. The van der Waals surface area contributed by atoms with Crippen LogP contribution < -0.4 is 9.46 Å². The van der Waals surface area contributed by atoms with E-state index in [0.29, 0.717) is 0 Å². The molecule has 1 N–H and O–H groups in total. The number of rotatable bonds is 7. The number of benzene rings is 1. The normalized spacial score (nSPS) is 15.4. The summed E-state index contributed by atoms with van der Waals surface area (Å²) in [5.41, 5.74) is -0.0148. The van der Waals surface area contributed by atoms with Crippen molar-refractivity contribution in [3.63, 3.8) is 0 Å². The second-order valence-corrected chi connectivity index (χ2v) is 7.50. The van der Waals surface area contributed by atoms with Gasteiger partial charge in [0.15, 0.2) is 33.8 Å². The number of halogens is 3. The van der Waals surface area contributed by atoms with E-state index in [1.165, 1.54) is 19.2 Å². The van der Waals surface area contributed by atoms with Gasteiger partial charge in [0, 0.05) is 30.5 Å². The van der Waals surface area contributed by atoms with Crippen LogP contribution in [0, 0.1) is 17.5 Å². The molecule has 2 aromatic rings. The van der Waals surface area contributed by atoms with Crippen molar-refractivity contribution in [2.75, 3.05) is 24.9 Å². The van der Waals surface area contributed by atoms with E-state index in [-0.39, 0.29) is 28.2 Å². The van der Waals surface area contributed by atoms with Gasteiger partial charge in [-0.1, -0.05) is 17.8 Å². The van der Waals surface area contributed by atoms with Crippen molar-refractivity contribution in [2.24, 2.45) is 0 Å². The van der Waals surface area contributed by atoms with Gasteiger partial charge in [-0.15, -0.1) is 0 Å². The minimum absolute atomic E-state index is 0.00907. The van der Waals surface area contributed by atoms with E-state index in [0.717, 1.165) is 37.3 Å². The highest BCUT2D eigenvalue weighted by Crippen LogP contribution is 2.26. The fourth-order valence-electron chi connectivity index (χ4n) is 2.05. The van der Waals surface area contributed by atoms with Crippen molar-refractivity contribution in [1.82, 2.24) is 14.3 Å². The summed E-state index contributed by atoms with van der Waals surface area (Å²) in [4.78, 5) is 8.31. The molecule has 1 aromatic heterocycles. The van der Waals surface area contributed by atoms with Gasteiger partial charge in [0.1, 0.15) is 5.82 Å². The van der Waals surface area contributed by atoms with Gasteiger partial charge in [0.05, 0.1) is 7.11 Å². The lowest BCUT2D eigenvalue weighted by Crippen LogP contribution is -2.41. The molecular formula is C15H15F3N4O2S2. The van der Waals surface area contributed by atoms with Gasteiger partial charge in [0.2, 0.25) is 5.88 Å². The van der Waals surface area contributed by atoms with Crippen LogP contribution in [0.4, 0.5) is 19.0 Å². The predicted molar refractivity (Wildman–Crippen MR) is 92.4 cm³/mol. The van der Waals surface area contributed by atoms with Crippen LogP contribution in [0.25, 0.3) is 0 Å². The molecule has 0 bridgehead atoms. The number of thioether (sulfide) groups is 1. The Morgan fingerprint density at radius 2 is 2.04 bits per heavy atom. The summed E-state index contributed by atoms with van der Waals surface area (Å²) in [6, 6.07) is 3.52. The molecule has 140 valence electrons. The van der Waals surface area contributed by atoms with Gasteiger partial charge in [-0.3, -0.25) is 4.72 Å². The van der Waals surface area contributed by atoms with Crippen molar-refractivity contribution < 1.29 is 22.1 Å². The molecule has 1 unspecified atom stereocenters. The predicted octanol–water partition coefficient (Wildman–Crippen LogP) is 2.89. The van der Waals surface area contributed by atoms with Crippen LogP contribution in [-0.4, -0.2) is 38.7 Å². The summed E-state index contributed by atoms with van der Waals surface area (Å²) in [5.74, 6) is -3.48. The molecule has 0 saturated carbocycles. The molecule has 0 spiro atoms. The molecule has 6 nitrogen and oxygen atoms in total. The Labute approximate surface area is 154 Å². The number of hydrogen-bond donors (Lipinski definition) is 1. The van der Waals surface area contributed by atoms with E-state index in [1.54, 1.807) is 4.31 Å². The minimum atomic E-state index is -1.51. The lowest BCUT2D eigenvalue weighted by atomic mass is 10.2. The fourth-order valence-corrected chi connectivity index (χ4v) is 3.88. The van der Waals surface area contributed by atoms with Gasteiger partial charge >= 0.3 is 0 Å². The number of hydrogen-bond acceptors (Lipinski definition) is 5. The first-order chi connectivity index (χ1) is 12.5. The maximum Gasteiger partial charge on any atom is 0.219 e. The van der Waals surface area contributed by atoms with Crippen LogP contribution in [0.1, 0.15) is 12.0 Å². The Bertz CT molecular complexity index is 837. The number of nitrogens with one attached hydrogen (secondary N) is 1. The lowest BCUT2D eigenvalue weighted by molar-refractivity contribution is 0.329. The molecule has 0 amide bonds. The van der Waals surface area contributed by atoms with Gasteiger partial charge in [-0.25, -0.2) is 26.7 Å². The van der Waals surface area contributed by atoms with E-state index in [9.17, 15) is 17.4 Å². The minimum Gasteiger partial charge on any atom is -0.481 e. The van der Waals surface area contributed by atoms with Gasteiger partial charge in [0.25, 0.3) is 0 Å². The number of aromatic nitrogens is 2. The quantitative estimate of drug-likeness (QED) is 0.437. The third-order valence-corrected chi connectivity index (χ3v) is 5.72. The van der Waals surface area contributed by atoms with E-state index < -0.39 is 28.6 Å². The largest absolute Gasteiger partial charge is 0.481 e. The zero-order valence-electron chi connectivity index (χ0n) is 13.7. The molecule has 1 aromatic carbocycles. The zero-order chi connectivity index (χ0) is 18.7. The van der Waals surface area contributed by atoms with E-state index in [4.69, 9.17) is 4.74 Å². The monoisotopic (exact) mass is 404 g/mol. The Kier molecular flexibility index (Phi) is 5.99. The maximum absolute atomic E-state index is 13.7. The Balaban J connectivity index is 1.73. The van der Waals surface area contributed by atoms with Crippen LogP contribution in [0.15, 0.2) is 23.4 Å². The molecule has 11 heteroatoms. The lowest BCUT2D eigenvalue weighted by Gasteiger charge is -2.28. The molecule has 0 aliphatic carbocycles. The van der Waals surface area contributed by atoms with Crippen LogP contribution >= 0.6 is 11.8 Å². The SMILES string of the molecule is COc1cc(NS(=O)N2CCC2)nc(SCc2ccc(F)c(F)c2F)n1. The topological polar surface area (TPSA) is 67.3 Å².